The zero-order chi connectivity index (χ0) is 13.0. The third kappa shape index (κ3) is 3.02. The molecule has 0 amide bonds. The van der Waals surface area contributed by atoms with E-state index >= 15 is 0 Å². The number of nitrogens with zero attached hydrogens (tertiary/aromatic N) is 2. The zero-order valence-corrected chi connectivity index (χ0v) is 11.7. The molecule has 1 aromatic heterocycles. The van der Waals surface area contributed by atoms with Gasteiger partial charge in [0.25, 0.3) is 0 Å². The predicted octanol–water partition coefficient (Wildman–Crippen LogP) is 2.87. The van der Waals surface area contributed by atoms with E-state index in [1.807, 2.05) is 0 Å². The molecule has 0 spiro atoms. The predicted molar refractivity (Wildman–Crippen MR) is 76.8 cm³/mol. The Hall–Kier alpha value is -1.09. The van der Waals surface area contributed by atoms with Crippen molar-refractivity contribution in [3.8, 4) is 0 Å². The maximum atomic E-state index is 5.77. The number of anilines is 1. The highest BCUT2D eigenvalue weighted by Gasteiger charge is 2.19. The van der Waals surface area contributed by atoms with Crippen molar-refractivity contribution in [2.75, 3.05) is 11.9 Å². The van der Waals surface area contributed by atoms with Gasteiger partial charge < -0.3 is 10.6 Å². The van der Waals surface area contributed by atoms with Gasteiger partial charge in [-0.1, -0.05) is 26.2 Å². The van der Waals surface area contributed by atoms with Crippen molar-refractivity contribution < 1.29 is 0 Å². The number of nitrogens with two attached hydrogens (primary N) is 1. The lowest BCUT2D eigenvalue weighted by atomic mass is 9.94. The summed E-state index contributed by atoms with van der Waals surface area (Å²) in [5, 5.41) is 0. The Balaban J connectivity index is 2.19. The number of aryl methyl sites for hydroxylation is 1. The molecule has 2 rings (SSSR count). The Kier molecular flexibility index (Phi) is 4.59. The van der Waals surface area contributed by atoms with Crippen LogP contribution in [0.4, 0.5) is 5.82 Å². The summed E-state index contributed by atoms with van der Waals surface area (Å²) >= 11 is 0. The summed E-state index contributed by atoms with van der Waals surface area (Å²) in [4.78, 5) is 7.10. The van der Waals surface area contributed by atoms with Gasteiger partial charge in [-0.25, -0.2) is 4.98 Å². The van der Waals surface area contributed by atoms with Crippen molar-refractivity contribution in [3.05, 3.63) is 23.4 Å². The molecule has 1 aliphatic rings. The molecular weight excluding hydrogens is 222 g/mol. The minimum absolute atomic E-state index is 0.598. The SMILES string of the molecule is CCc1cc(CN)cc(N(C)C2CCCCC2)n1. The summed E-state index contributed by atoms with van der Waals surface area (Å²) in [6, 6.07) is 4.93. The van der Waals surface area contributed by atoms with Crippen molar-refractivity contribution in [2.24, 2.45) is 5.73 Å². The first-order chi connectivity index (χ1) is 8.74. The summed E-state index contributed by atoms with van der Waals surface area (Å²) in [6.45, 7) is 2.74. The van der Waals surface area contributed by atoms with Crippen molar-refractivity contribution in [1.82, 2.24) is 4.98 Å². The first-order valence-corrected chi connectivity index (χ1v) is 7.17. The fourth-order valence-corrected chi connectivity index (χ4v) is 2.77. The Morgan fingerprint density at radius 2 is 2.00 bits per heavy atom. The van der Waals surface area contributed by atoms with Crippen LogP contribution in [0, 0.1) is 0 Å². The van der Waals surface area contributed by atoms with Gasteiger partial charge >= 0.3 is 0 Å². The van der Waals surface area contributed by atoms with Crippen LogP contribution in [0.1, 0.15) is 50.3 Å². The molecule has 0 radical (unpaired) electrons. The average molecular weight is 247 g/mol. The fraction of sp³-hybridized carbons (Fsp3) is 0.667. The van der Waals surface area contributed by atoms with Crippen molar-refractivity contribution in [1.29, 1.82) is 0 Å². The first-order valence-electron chi connectivity index (χ1n) is 7.17. The molecular formula is C15H25N3. The van der Waals surface area contributed by atoms with E-state index in [9.17, 15) is 0 Å². The molecule has 18 heavy (non-hydrogen) atoms. The average Bonchev–Trinajstić information content (AvgIpc) is 2.46. The van der Waals surface area contributed by atoms with Crippen LogP contribution in [0.5, 0.6) is 0 Å². The highest BCUT2D eigenvalue weighted by Crippen LogP contribution is 2.25. The minimum atomic E-state index is 0.598. The van der Waals surface area contributed by atoms with Crippen LogP contribution in [-0.4, -0.2) is 18.1 Å². The maximum Gasteiger partial charge on any atom is 0.129 e. The largest absolute Gasteiger partial charge is 0.357 e. The van der Waals surface area contributed by atoms with E-state index in [1.54, 1.807) is 0 Å². The number of hydrogen-bond donors (Lipinski definition) is 1. The van der Waals surface area contributed by atoms with Crippen LogP contribution >= 0.6 is 0 Å². The number of pyridine rings is 1. The Morgan fingerprint density at radius 1 is 1.28 bits per heavy atom. The fourth-order valence-electron chi connectivity index (χ4n) is 2.77. The van der Waals surface area contributed by atoms with Crippen molar-refractivity contribution in [2.45, 2.75) is 58.0 Å². The van der Waals surface area contributed by atoms with Crippen molar-refractivity contribution >= 4 is 5.82 Å². The lowest BCUT2D eigenvalue weighted by Gasteiger charge is -2.32. The van der Waals surface area contributed by atoms with Crippen LogP contribution in [0.3, 0.4) is 0 Å². The van der Waals surface area contributed by atoms with Gasteiger partial charge in [0, 0.05) is 25.3 Å². The molecule has 1 aliphatic carbocycles. The molecule has 0 aromatic carbocycles. The second kappa shape index (κ2) is 6.19. The molecule has 1 saturated carbocycles. The standard InChI is InChI=1S/C15H25N3/c1-3-13-9-12(11-16)10-15(17-13)18(2)14-7-5-4-6-8-14/h9-10,14H,3-8,11,16H2,1-2H3. The van der Waals surface area contributed by atoms with Gasteiger partial charge in [-0.2, -0.15) is 0 Å². The molecule has 0 aliphatic heterocycles. The van der Waals surface area contributed by atoms with E-state index in [1.165, 1.54) is 37.7 Å². The minimum Gasteiger partial charge on any atom is -0.357 e. The topological polar surface area (TPSA) is 42.1 Å². The van der Waals surface area contributed by atoms with E-state index in [2.05, 4.69) is 31.0 Å². The quantitative estimate of drug-likeness (QED) is 0.889. The second-order valence-corrected chi connectivity index (χ2v) is 5.29. The van der Waals surface area contributed by atoms with Gasteiger partial charge in [0.05, 0.1) is 0 Å². The normalized spacial score (nSPS) is 16.8. The lowest BCUT2D eigenvalue weighted by Crippen LogP contribution is -2.34. The molecule has 0 atom stereocenters. The smallest absolute Gasteiger partial charge is 0.129 e. The summed E-state index contributed by atoms with van der Waals surface area (Å²) < 4.78 is 0. The lowest BCUT2D eigenvalue weighted by molar-refractivity contribution is 0.426. The van der Waals surface area contributed by atoms with Crippen molar-refractivity contribution in [3.63, 3.8) is 0 Å². The summed E-state index contributed by atoms with van der Waals surface area (Å²) in [7, 11) is 2.18. The van der Waals surface area contributed by atoms with Crippen LogP contribution < -0.4 is 10.6 Å². The third-order valence-electron chi connectivity index (χ3n) is 4.01. The van der Waals surface area contributed by atoms with Gasteiger partial charge in [0.1, 0.15) is 5.82 Å². The second-order valence-electron chi connectivity index (χ2n) is 5.29. The van der Waals surface area contributed by atoms with Gasteiger partial charge in [-0.15, -0.1) is 0 Å². The first kappa shape index (κ1) is 13.3. The molecule has 1 fully saturated rings. The van der Waals surface area contributed by atoms with E-state index in [0.29, 0.717) is 12.6 Å². The van der Waals surface area contributed by atoms with Crippen LogP contribution in [0.2, 0.25) is 0 Å². The summed E-state index contributed by atoms with van der Waals surface area (Å²) in [5.74, 6) is 1.10. The summed E-state index contributed by atoms with van der Waals surface area (Å²) in [6.07, 6.45) is 7.66. The number of hydrogen-bond acceptors (Lipinski definition) is 3. The molecule has 1 heterocycles. The Labute approximate surface area is 110 Å². The van der Waals surface area contributed by atoms with E-state index in [-0.39, 0.29) is 0 Å². The number of aromatic nitrogens is 1. The van der Waals surface area contributed by atoms with E-state index < -0.39 is 0 Å². The Morgan fingerprint density at radius 3 is 2.61 bits per heavy atom. The Bertz CT molecular complexity index is 361. The van der Waals surface area contributed by atoms with Gasteiger partial charge in [0.2, 0.25) is 0 Å². The van der Waals surface area contributed by atoms with Gasteiger partial charge in [0.15, 0.2) is 0 Å². The highest BCUT2D eigenvalue weighted by atomic mass is 15.2. The molecule has 100 valence electrons. The van der Waals surface area contributed by atoms with E-state index in [0.717, 1.165) is 17.9 Å². The summed E-state index contributed by atoms with van der Waals surface area (Å²) in [5.41, 5.74) is 8.12. The molecule has 1 aromatic rings. The third-order valence-corrected chi connectivity index (χ3v) is 4.01. The monoisotopic (exact) mass is 247 g/mol. The van der Waals surface area contributed by atoms with E-state index in [4.69, 9.17) is 10.7 Å². The molecule has 3 nitrogen and oxygen atoms in total. The molecule has 2 N–H and O–H groups in total. The molecule has 0 bridgehead atoms. The van der Waals surface area contributed by atoms with Crippen LogP contribution in [0.15, 0.2) is 12.1 Å². The molecule has 3 heteroatoms. The van der Waals surface area contributed by atoms with Gasteiger partial charge in [-0.05, 0) is 37.0 Å². The highest BCUT2D eigenvalue weighted by molar-refractivity contribution is 5.43. The van der Waals surface area contributed by atoms with Crippen LogP contribution in [0.25, 0.3) is 0 Å². The maximum absolute atomic E-state index is 5.77. The molecule has 0 unspecified atom stereocenters. The van der Waals surface area contributed by atoms with Crippen LogP contribution in [-0.2, 0) is 13.0 Å². The van der Waals surface area contributed by atoms with Gasteiger partial charge in [-0.3, -0.25) is 0 Å². The number of rotatable bonds is 4. The molecule has 0 saturated heterocycles. The zero-order valence-electron chi connectivity index (χ0n) is 11.7.